The van der Waals surface area contributed by atoms with Gasteiger partial charge in [-0.1, -0.05) is 54.1 Å². The van der Waals surface area contributed by atoms with Crippen molar-refractivity contribution in [2.75, 3.05) is 0 Å². The number of rotatable bonds is 2. The molecule has 0 aliphatic heterocycles. The number of allylic oxidation sites excluding steroid dienone is 2. The Labute approximate surface area is 118 Å². The summed E-state index contributed by atoms with van der Waals surface area (Å²) in [5.74, 6) is 0.595. The van der Waals surface area contributed by atoms with Gasteiger partial charge in [0.15, 0.2) is 0 Å². The normalized spacial score (nSPS) is 14.4. The highest BCUT2D eigenvalue weighted by Gasteiger charge is 2.12. The maximum absolute atomic E-state index is 10.4. The summed E-state index contributed by atoms with van der Waals surface area (Å²) >= 11 is 5.72. The minimum atomic E-state index is -2.46. The van der Waals surface area contributed by atoms with E-state index >= 15 is 0 Å². The molecule has 2 nitrogen and oxygen atoms in total. The summed E-state index contributed by atoms with van der Waals surface area (Å²) in [5, 5.41) is 1.33. The Morgan fingerprint density at radius 3 is 1.95 bits per heavy atom. The van der Waals surface area contributed by atoms with Crippen LogP contribution in [0.2, 0.25) is 5.02 Å². The van der Waals surface area contributed by atoms with Crippen LogP contribution in [0, 0.1) is 0 Å². The smallest absolute Gasteiger partial charge is 0.218 e. The molecule has 0 saturated heterocycles. The first kappa shape index (κ1) is 14.1. The number of benzene rings is 2. The molecule has 0 amide bonds. The lowest BCUT2D eigenvalue weighted by Gasteiger charge is -1.95. The van der Waals surface area contributed by atoms with Gasteiger partial charge in [0, 0.05) is 16.2 Å². The maximum atomic E-state index is 10.4. The molecule has 2 aromatic rings. The van der Waals surface area contributed by atoms with Gasteiger partial charge in [-0.3, -0.25) is 4.57 Å². The van der Waals surface area contributed by atoms with E-state index in [4.69, 9.17) is 16.5 Å². The molecule has 0 aromatic heterocycles. The molecular weight excluding hydrogens is 279 g/mol. The Balaban J connectivity index is 0.000000141. The molecule has 0 radical (unpaired) electrons. The van der Waals surface area contributed by atoms with Crippen LogP contribution >= 0.6 is 19.6 Å². The van der Waals surface area contributed by atoms with Gasteiger partial charge in [-0.2, -0.15) is 0 Å². The highest BCUT2D eigenvalue weighted by Crippen LogP contribution is 2.29. The molecule has 0 saturated carbocycles. The van der Waals surface area contributed by atoms with E-state index in [0.717, 1.165) is 5.02 Å². The number of halogens is 1. The van der Waals surface area contributed by atoms with Crippen molar-refractivity contribution >= 4 is 24.9 Å². The van der Waals surface area contributed by atoms with Crippen molar-refractivity contribution in [3.05, 3.63) is 77.3 Å². The van der Waals surface area contributed by atoms with Crippen molar-refractivity contribution in [2.24, 2.45) is 0 Å². The summed E-state index contributed by atoms with van der Waals surface area (Å²) in [6.07, 6.45) is 4.34. The van der Waals surface area contributed by atoms with E-state index in [1.165, 1.54) is 5.56 Å². The molecule has 98 valence electrons. The van der Waals surface area contributed by atoms with Crippen LogP contribution in [0.4, 0.5) is 0 Å². The lowest BCUT2D eigenvalue weighted by atomic mass is 10.1. The second-order valence-electron chi connectivity index (χ2n) is 4.13. The van der Waals surface area contributed by atoms with E-state index in [0.29, 0.717) is 11.2 Å². The molecule has 0 fully saturated rings. The predicted molar refractivity (Wildman–Crippen MR) is 80.6 cm³/mol. The third-order valence-corrected chi connectivity index (χ3v) is 3.74. The summed E-state index contributed by atoms with van der Waals surface area (Å²) < 4.78 is 10.4. The van der Waals surface area contributed by atoms with Crippen molar-refractivity contribution in [3.8, 4) is 0 Å². The number of hydrogen-bond acceptors (Lipinski definition) is 1. The summed E-state index contributed by atoms with van der Waals surface area (Å²) in [5.41, 5.74) is 1.34. The molecule has 0 heterocycles. The van der Waals surface area contributed by atoms with Gasteiger partial charge in [-0.05, 0) is 29.8 Å². The van der Waals surface area contributed by atoms with Gasteiger partial charge < -0.3 is 4.89 Å². The standard InChI is InChI=1S/C9H7Cl.C6H7O2P/c10-9-5-3-8(4-6-9)7-1-2-7;7-9(8)6-4-2-1-3-5-6/h1-7H;1-5,9H,(H,7,8). The first-order valence-electron chi connectivity index (χ1n) is 5.89. The van der Waals surface area contributed by atoms with E-state index in [2.05, 4.69) is 24.3 Å². The van der Waals surface area contributed by atoms with Gasteiger partial charge in [-0.25, -0.2) is 0 Å². The van der Waals surface area contributed by atoms with Gasteiger partial charge >= 0.3 is 0 Å². The van der Waals surface area contributed by atoms with Crippen molar-refractivity contribution in [1.29, 1.82) is 0 Å². The molecule has 3 rings (SSSR count). The quantitative estimate of drug-likeness (QED) is 0.676. The van der Waals surface area contributed by atoms with Crippen LogP contribution in [-0.2, 0) is 4.57 Å². The van der Waals surface area contributed by atoms with Crippen molar-refractivity contribution in [1.82, 2.24) is 0 Å². The second kappa shape index (κ2) is 6.72. The Bertz CT molecular complexity index is 573. The van der Waals surface area contributed by atoms with E-state index in [1.54, 1.807) is 24.3 Å². The monoisotopic (exact) mass is 292 g/mol. The fourth-order valence-corrected chi connectivity index (χ4v) is 2.15. The van der Waals surface area contributed by atoms with E-state index in [1.807, 2.05) is 18.2 Å². The highest BCUT2D eigenvalue weighted by molar-refractivity contribution is 7.47. The molecule has 1 aliphatic rings. The van der Waals surface area contributed by atoms with Crippen LogP contribution in [0.3, 0.4) is 0 Å². The molecule has 1 N–H and O–H groups in total. The summed E-state index contributed by atoms with van der Waals surface area (Å²) in [6.45, 7) is 0. The summed E-state index contributed by atoms with van der Waals surface area (Å²) in [7, 11) is -2.46. The van der Waals surface area contributed by atoms with Crippen LogP contribution in [0.25, 0.3) is 0 Å². The van der Waals surface area contributed by atoms with Crippen LogP contribution in [0.5, 0.6) is 0 Å². The van der Waals surface area contributed by atoms with Crippen LogP contribution in [0.15, 0.2) is 66.7 Å². The third kappa shape index (κ3) is 4.68. The number of hydrogen-bond donors (Lipinski definition) is 1. The van der Waals surface area contributed by atoms with Crippen LogP contribution in [-0.4, -0.2) is 4.89 Å². The Morgan fingerprint density at radius 2 is 1.53 bits per heavy atom. The van der Waals surface area contributed by atoms with E-state index in [-0.39, 0.29) is 0 Å². The predicted octanol–water partition coefficient (Wildman–Crippen LogP) is 3.77. The Kier molecular flexibility index (Phi) is 4.98. The minimum absolute atomic E-state index is 0.516. The molecule has 0 bridgehead atoms. The van der Waals surface area contributed by atoms with Crippen LogP contribution in [0.1, 0.15) is 11.5 Å². The molecule has 0 spiro atoms. The molecular formula is C15H14ClO2P. The summed E-state index contributed by atoms with van der Waals surface area (Å²) in [4.78, 5) is 8.57. The zero-order chi connectivity index (χ0) is 13.7. The zero-order valence-electron chi connectivity index (χ0n) is 10.2. The molecule has 4 heteroatoms. The average molecular weight is 293 g/mol. The Hall–Kier alpha value is -1.34. The molecule has 1 unspecified atom stereocenters. The first-order valence-corrected chi connectivity index (χ1v) is 7.62. The first-order chi connectivity index (χ1) is 9.16. The fourth-order valence-electron chi connectivity index (χ4n) is 1.54. The topological polar surface area (TPSA) is 37.3 Å². The van der Waals surface area contributed by atoms with Crippen molar-refractivity contribution in [3.63, 3.8) is 0 Å². The van der Waals surface area contributed by atoms with Crippen LogP contribution < -0.4 is 5.30 Å². The second-order valence-corrected chi connectivity index (χ2v) is 5.76. The highest BCUT2D eigenvalue weighted by atomic mass is 35.5. The maximum Gasteiger partial charge on any atom is 0.218 e. The van der Waals surface area contributed by atoms with Gasteiger partial charge in [0.2, 0.25) is 8.03 Å². The minimum Gasteiger partial charge on any atom is -0.343 e. The van der Waals surface area contributed by atoms with Gasteiger partial charge in [0.1, 0.15) is 0 Å². The van der Waals surface area contributed by atoms with Crippen molar-refractivity contribution < 1.29 is 9.46 Å². The van der Waals surface area contributed by atoms with Gasteiger partial charge in [0.05, 0.1) is 0 Å². The van der Waals surface area contributed by atoms with Crippen molar-refractivity contribution in [2.45, 2.75) is 5.92 Å². The lowest BCUT2D eigenvalue weighted by molar-refractivity contribution is 0.513. The average Bonchev–Trinajstić information content (AvgIpc) is 3.26. The lowest BCUT2D eigenvalue weighted by Crippen LogP contribution is -1.91. The van der Waals surface area contributed by atoms with E-state index < -0.39 is 8.03 Å². The summed E-state index contributed by atoms with van der Waals surface area (Å²) in [6, 6.07) is 16.6. The Morgan fingerprint density at radius 1 is 0.947 bits per heavy atom. The van der Waals surface area contributed by atoms with Gasteiger partial charge in [0.25, 0.3) is 0 Å². The fraction of sp³-hybridized carbons (Fsp3) is 0.0667. The largest absolute Gasteiger partial charge is 0.343 e. The third-order valence-electron chi connectivity index (χ3n) is 2.66. The molecule has 1 aliphatic carbocycles. The van der Waals surface area contributed by atoms with E-state index in [9.17, 15) is 4.57 Å². The zero-order valence-corrected chi connectivity index (χ0v) is 11.9. The van der Waals surface area contributed by atoms with Gasteiger partial charge in [-0.15, -0.1) is 0 Å². The molecule has 2 aromatic carbocycles. The molecule has 19 heavy (non-hydrogen) atoms. The molecule has 1 atom stereocenters. The SMILES string of the molecule is Clc1ccc(C2C=C2)cc1.O=[PH](O)c1ccccc1.